The van der Waals surface area contributed by atoms with Crippen LogP contribution in [-0.4, -0.2) is 71.7 Å². The van der Waals surface area contributed by atoms with Crippen LogP contribution in [0.5, 0.6) is 5.75 Å². The van der Waals surface area contributed by atoms with Gasteiger partial charge in [-0.25, -0.2) is 0 Å². The Morgan fingerprint density at radius 1 is 1.15 bits per heavy atom. The number of anilines is 1. The van der Waals surface area contributed by atoms with Crippen molar-refractivity contribution in [1.29, 1.82) is 0 Å². The van der Waals surface area contributed by atoms with Gasteiger partial charge in [-0.1, -0.05) is 29.3 Å². The van der Waals surface area contributed by atoms with Crippen LogP contribution in [0.3, 0.4) is 0 Å². The minimum Gasteiger partial charge on any atom is -0.486 e. The van der Waals surface area contributed by atoms with E-state index in [2.05, 4.69) is 26.2 Å². The number of allylic oxidation sites excluding steroid dienone is 1. The number of likely N-dealkylation sites (tertiary alicyclic amines) is 2. The highest BCUT2D eigenvalue weighted by Crippen LogP contribution is 2.43. The summed E-state index contributed by atoms with van der Waals surface area (Å²) in [7, 11) is 0. The molecule has 2 aromatic rings. The molecule has 1 unspecified atom stereocenters. The number of nitrogens with one attached hydrogen (secondary N) is 1. The molecule has 1 spiro atoms. The van der Waals surface area contributed by atoms with Crippen molar-refractivity contribution in [3.05, 3.63) is 63.4 Å². The molecule has 8 nitrogen and oxygen atoms in total. The van der Waals surface area contributed by atoms with Crippen molar-refractivity contribution >= 4 is 40.5 Å². The second kappa shape index (κ2) is 11.6. The summed E-state index contributed by atoms with van der Waals surface area (Å²) < 4.78 is 6.18. The lowest BCUT2D eigenvalue weighted by atomic mass is 9.70. The average molecular weight is 599 g/mol. The third kappa shape index (κ3) is 5.72. The first kappa shape index (κ1) is 28.5. The molecule has 3 saturated heterocycles. The number of halogens is 2. The number of piperidine rings is 1. The molecule has 1 aliphatic carbocycles. The normalized spacial score (nSPS) is 23.3. The number of ether oxygens (including phenoxy) is 1. The number of nitrogens with two attached hydrogens (primary N) is 2. The van der Waals surface area contributed by atoms with Crippen LogP contribution in [0.4, 0.5) is 5.69 Å². The smallest absolute Gasteiger partial charge is 0.225 e. The molecule has 0 radical (unpaired) electrons. The summed E-state index contributed by atoms with van der Waals surface area (Å²) in [6.45, 7) is 7.85. The molecule has 2 atom stereocenters. The number of carbonyl (C=O) groups is 1. The summed E-state index contributed by atoms with van der Waals surface area (Å²) in [5, 5.41) is 11.0. The molecule has 3 aliphatic heterocycles. The molecular weight excluding hydrogens is 559 g/mol. The fraction of sp³-hybridized carbons (Fsp3) is 0.516. The predicted molar refractivity (Wildman–Crippen MR) is 162 cm³/mol. The number of carbonyl (C=O) groups excluding carboxylic acids is 1. The number of nitrogen functional groups attached to an aromatic ring is 1. The Bertz CT molecular complexity index is 1340. The number of aromatic nitrogens is 1. The molecule has 1 aromatic heterocycles. The summed E-state index contributed by atoms with van der Waals surface area (Å²) in [5.41, 5.74) is 10.6. The van der Waals surface area contributed by atoms with Gasteiger partial charge in [-0.2, -0.15) is 0 Å². The first-order valence-electron chi connectivity index (χ1n) is 14.6. The van der Waals surface area contributed by atoms with E-state index >= 15 is 0 Å². The van der Waals surface area contributed by atoms with E-state index in [1.165, 1.54) is 0 Å². The summed E-state index contributed by atoms with van der Waals surface area (Å²) in [6, 6.07) is 6.07. The Balaban J connectivity index is 1.03. The van der Waals surface area contributed by atoms with Crippen molar-refractivity contribution < 1.29 is 14.9 Å². The average Bonchev–Trinajstić information content (AvgIpc) is 2.93. The molecule has 6 rings (SSSR count). The number of nitrogens with zero attached hydrogens (tertiary/aromatic N) is 3. The maximum Gasteiger partial charge on any atom is 0.225 e. The lowest BCUT2D eigenvalue weighted by molar-refractivity contribution is -0.168. The van der Waals surface area contributed by atoms with Crippen molar-refractivity contribution in [2.24, 2.45) is 11.3 Å². The van der Waals surface area contributed by atoms with Gasteiger partial charge >= 0.3 is 0 Å². The lowest BCUT2D eigenvalue weighted by Crippen LogP contribution is -2.74. The van der Waals surface area contributed by atoms with E-state index in [0.717, 1.165) is 82.5 Å². The Labute approximate surface area is 251 Å². The maximum atomic E-state index is 12.8. The van der Waals surface area contributed by atoms with Crippen LogP contribution in [0.1, 0.15) is 56.3 Å². The van der Waals surface area contributed by atoms with Gasteiger partial charge in [0.25, 0.3) is 0 Å². The third-order valence-electron chi connectivity index (χ3n) is 9.30. The SMILES string of the molecule is C[C@@H](Oc1ccc(N)c(C(=[NH2+])C2=CCC(N3CC4(CN(C(=O)C5CCNCC5)C4)C3)CC2)c1)c1c(Cl)cncc1Cl. The number of benzene rings is 1. The Hall–Kier alpha value is -2.65. The highest BCUT2D eigenvalue weighted by atomic mass is 35.5. The topological polar surface area (TPSA) is 109 Å². The Morgan fingerprint density at radius 3 is 2.51 bits per heavy atom. The minimum atomic E-state index is -0.379. The molecule has 5 N–H and O–H groups in total. The van der Waals surface area contributed by atoms with Crippen molar-refractivity contribution in [2.45, 2.75) is 51.2 Å². The van der Waals surface area contributed by atoms with Crippen LogP contribution >= 0.6 is 23.2 Å². The highest BCUT2D eigenvalue weighted by molar-refractivity contribution is 6.35. The summed E-state index contributed by atoms with van der Waals surface area (Å²) in [6.07, 6.45) is 9.90. The largest absolute Gasteiger partial charge is 0.486 e. The van der Waals surface area contributed by atoms with Crippen molar-refractivity contribution in [2.75, 3.05) is 45.0 Å². The summed E-state index contributed by atoms with van der Waals surface area (Å²) in [5.74, 6) is 1.23. The molecule has 218 valence electrons. The lowest BCUT2D eigenvalue weighted by Gasteiger charge is -2.62. The molecule has 1 aromatic carbocycles. The number of pyridine rings is 1. The van der Waals surface area contributed by atoms with Gasteiger partial charge in [-0.15, -0.1) is 0 Å². The van der Waals surface area contributed by atoms with Crippen LogP contribution < -0.4 is 21.2 Å². The minimum absolute atomic E-state index is 0.219. The predicted octanol–water partition coefficient (Wildman–Crippen LogP) is 3.28. The molecule has 4 aliphatic rings. The first-order chi connectivity index (χ1) is 19.7. The van der Waals surface area contributed by atoms with Gasteiger partial charge in [-0.05, 0) is 70.3 Å². The molecule has 10 heteroatoms. The molecule has 1 amide bonds. The Morgan fingerprint density at radius 2 is 1.85 bits per heavy atom. The number of rotatable bonds is 7. The summed E-state index contributed by atoms with van der Waals surface area (Å²) in [4.78, 5) is 21.5. The van der Waals surface area contributed by atoms with Crippen molar-refractivity contribution in [1.82, 2.24) is 20.1 Å². The van der Waals surface area contributed by atoms with E-state index in [1.807, 2.05) is 25.1 Å². The maximum absolute atomic E-state index is 12.8. The number of amides is 1. The van der Waals surface area contributed by atoms with Crippen LogP contribution in [0, 0.1) is 11.3 Å². The zero-order valence-electron chi connectivity index (χ0n) is 23.5. The molecule has 4 heterocycles. The van der Waals surface area contributed by atoms with Gasteiger partial charge in [0.1, 0.15) is 11.9 Å². The van der Waals surface area contributed by atoms with Crippen molar-refractivity contribution in [3.63, 3.8) is 0 Å². The third-order valence-corrected chi connectivity index (χ3v) is 9.90. The van der Waals surface area contributed by atoms with Gasteiger partial charge < -0.3 is 20.7 Å². The molecule has 0 saturated carbocycles. The number of hydrogen-bond acceptors (Lipinski definition) is 6. The molecular formula is C31H39Cl2N6O2+. The van der Waals surface area contributed by atoms with Gasteiger partial charge in [0.05, 0.1) is 15.6 Å². The Kier molecular flexibility index (Phi) is 8.02. The molecule has 3 fully saturated rings. The van der Waals surface area contributed by atoms with Gasteiger partial charge in [0.2, 0.25) is 11.6 Å². The van der Waals surface area contributed by atoms with E-state index in [4.69, 9.17) is 39.1 Å². The van der Waals surface area contributed by atoms with E-state index in [9.17, 15) is 4.79 Å². The van der Waals surface area contributed by atoms with Crippen LogP contribution in [-0.2, 0) is 4.79 Å². The fourth-order valence-corrected chi connectivity index (χ4v) is 7.68. The first-order valence-corrected chi connectivity index (χ1v) is 15.4. The van der Waals surface area contributed by atoms with Crippen molar-refractivity contribution in [3.8, 4) is 5.75 Å². The second-order valence-electron chi connectivity index (χ2n) is 12.2. The van der Waals surface area contributed by atoms with E-state index in [-0.39, 0.29) is 12.0 Å². The monoisotopic (exact) mass is 597 g/mol. The van der Waals surface area contributed by atoms with Gasteiger partial charge in [0.15, 0.2) is 0 Å². The zero-order valence-corrected chi connectivity index (χ0v) is 25.1. The zero-order chi connectivity index (χ0) is 28.7. The standard InChI is InChI=1S/C31H38Cl2N6O2/c1-19(28-25(32)13-37-14-26(28)33)41-23-6-7-27(34)24(12-23)29(35)20-2-4-22(5-3-20)38-15-31(16-38)17-39(18-31)30(40)21-8-10-36-11-9-21/h2,6-7,12-14,19,21-22,35-36H,3-5,8-11,15-18,34H2,1H3/p+1/t19-,22?/m1/s1. The second-order valence-corrected chi connectivity index (χ2v) is 13.0. The van der Waals surface area contributed by atoms with Crippen LogP contribution in [0.25, 0.3) is 0 Å². The van der Waals surface area contributed by atoms with Crippen LogP contribution in [0.2, 0.25) is 10.0 Å². The molecule has 0 bridgehead atoms. The van der Waals surface area contributed by atoms with E-state index in [0.29, 0.717) is 50.1 Å². The number of hydrogen-bond donors (Lipinski definition) is 3. The van der Waals surface area contributed by atoms with Crippen LogP contribution in [0.15, 0.2) is 42.2 Å². The summed E-state index contributed by atoms with van der Waals surface area (Å²) >= 11 is 12.6. The highest BCUT2D eigenvalue weighted by Gasteiger charge is 2.54. The quantitative estimate of drug-likeness (QED) is 0.334. The fourth-order valence-electron chi connectivity index (χ4n) is 7.00. The molecule has 41 heavy (non-hydrogen) atoms. The van der Waals surface area contributed by atoms with E-state index < -0.39 is 0 Å². The van der Waals surface area contributed by atoms with Gasteiger partial charge in [0, 0.05) is 72.8 Å². The van der Waals surface area contributed by atoms with Gasteiger partial charge in [-0.3, -0.25) is 20.1 Å². The van der Waals surface area contributed by atoms with E-state index in [1.54, 1.807) is 12.4 Å².